The van der Waals surface area contributed by atoms with Crippen molar-refractivity contribution in [2.24, 2.45) is 11.8 Å². The molecule has 3 atom stereocenters. The van der Waals surface area contributed by atoms with Crippen LogP contribution in [0.5, 0.6) is 5.75 Å². The number of nitrogens with one attached hydrogen (secondary N) is 1. The fraction of sp³-hybridized carbons (Fsp3) is 0.571. The first-order chi connectivity index (χ1) is 8.67. The lowest BCUT2D eigenvalue weighted by atomic mass is 9.95. The quantitative estimate of drug-likeness (QED) is 0.811. The number of methoxy groups -OCH3 is 1. The van der Waals surface area contributed by atoms with Gasteiger partial charge in [0.1, 0.15) is 11.6 Å². The summed E-state index contributed by atoms with van der Waals surface area (Å²) < 4.78 is 19.0. The van der Waals surface area contributed by atoms with Crippen molar-refractivity contribution >= 4 is 11.4 Å². The Balaban J connectivity index is 1.80. The second-order valence-corrected chi connectivity index (χ2v) is 5.50. The van der Waals surface area contributed by atoms with Gasteiger partial charge in [-0.2, -0.15) is 0 Å². The number of benzene rings is 1. The summed E-state index contributed by atoms with van der Waals surface area (Å²) in [4.78, 5) is 0. The Morgan fingerprint density at radius 3 is 2.78 bits per heavy atom. The van der Waals surface area contributed by atoms with E-state index in [0.717, 1.165) is 12.3 Å². The largest absolute Gasteiger partial charge is 0.495 e. The molecule has 0 radical (unpaired) electrons. The Bertz CT molecular complexity index is 463. The molecule has 2 fully saturated rings. The van der Waals surface area contributed by atoms with E-state index in [9.17, 15) is 4.39 Å². The minimum atomic E-state index is -0.295. The Morgan fingerprint density at radius 2 is 2.17 bits per heavy atom. The fourth-order valence-electron chi connectivity index (χ4n) is 3.48. The van der Waals surface area contributed by atoms with Crippen LogP contribution in [0.15, 0.2) is 12.1 Å². The van der Waals surface area contributed by atoms with Crippen LogP contribution in [-0.4, -0.2) is 13.2 Å². The van der Waals surface area contributed by atoms with E-state index in [-0.39, 0.29) is 5.82 Å². The molecular formula is C14H19FN2O. The van der Waals surface area contributed by atoms with Crippen molar-refractivity contribution in [3.63, 3.8) is 0 Å². The number of anilines is 2. The van der Waals surface area contributed by atoms with Gasteiger partial charge in [0.25, 0.3) is 0 Å². The molecule has 18 heavy (non-hydrogen) atoms. The molecule has 2 bridgehead atoms. The number of fused-ring (bicyclic) bond motifs is 2. The molecule has 4 heteroatoms. The smallest absolute Gasteiger partial charge is 0.148 e. The van der Waals surface area contributed by atoms with Crippen molar-refractivity contribution in [2.45, 2.75) is 31.7 Å². The van der Waals surface area contributed by atoms with E-state index < -0.39 is 0 Å². The summed E-state index contributed by atoms with van der Waals surface area (Å²) >= 11 is 0. The first-order valence-electron chi connectivity index (χ1n) is 6.57. The molecule has 0 spiro atoms. The van der Waals surface area contributed by atoms with Crippen LogP contribution in [0.2, 0.25) is 0 Å². The molecule has 2 aliphatic carbocycles. The zero-order valence-electron chi connectivity index (χ0n) is 10.6. The highest BCUT2D eigenvalue weighted by Crippen LogP contribution is 2.46. The highest BCUT2D eigenvalue weighted by Gasteiger charge is 2.39. The second kappa shape index (κ2) is 4.34. The molecule has 0 aromatic heterocycles. The van der Waals surface area contributed by atoms with Gasteiger partial charge in [-0.15, -0.1) is 0 Å². The van der Waals surface area contributed by atoms with Crippen LogP contribution < -0.4 is 15.8 Å². The van der Waals surface area contributed by atoms with E-state index in [1.54, 1.807) is 13.2 Å². The van der Waals surface area contributed by atoms with Gasteiger partial charge < -0.3 is 15.8 Å². The molecule has 0 aliphatic heterocycles. The summed E-state index contributed by atoms with van der Waals surface area (Å²) in [5, 5.41) is 3.33. The third-order valence-electron chi connectivity index (χ3n) is 4.40. The van der Waals surface area contributed by atoms with Crippen LogP contribution in [0.1, 0.15) is 25.7 Å². The molecular weight excluding hydrogens is 231 g/mol. The number of hydrogen-bond donors (Lipinski definition) is 2. The first kappa shape index (κ1) is 11.6. The van der Waals surface area contributed by atoms with E-state index in [1.807, 2.05) is 0 Å². The minimum Gasteiger partial charge on any atom is -0.495 e. The third-order valence-corrected chi connectivity index (χ3v) is 4.40. The maximum atomic E-state index is 13.9. The summed E-state index contributed by atoms with van der Waals surface area (Å²) in [6.45, 7) is 0. The van der Waals surface area contributed by atoms with Crippen LogP contribution in [0.25, 0.3) is 0 Å². The Morgan fingerprint density at radius 1 is 1.33 bits per heavy atom. The molecule has 2 aliphatic rings. The van der Waals surface area contributed by atoms with E-state index in [0.29, 0.717) is 29.1 Å². The first-order valence-corrected chi connectivity index (χ1v) is 6.57. The molecule has 98 valence electrons. The second-order valence-electron chi connectivity index (χ2n) is 5.50. The van der Waals surface area contributed by atoms with Crippen molar-refractivity contribution in [1.82, 2.24) is 0 Å². The number of hydrogen-bond acceptors (Lipinski definition) is 3. The molecule has 0 saturated heterocycles. The van der Waals surface area contributed by atoms with Crippen LogP contribution >= 0.6 is 0 Å². The normalized spacial score (nSPS) is 29.6. The SMILES string of the molecule is COc1cc(NC2CC3CCC2C3)c(F)cc1N. The van der Waals surface area contributed by atoms with Crippen LogP contribution in [-0.2, 0) is 0 Å². The third kappa shape index (κ3) is 1.89. The number of rotatable bonds is 3. The zero-order chi connectivity index (χ0) is 12.7. The van der Waals surface area contributed by atoms with Gasteiger partial charge in [0, 0.05) is 18.2 Å². The highest BCUT2D eigenvalue weighted by atomic mass is 19.1. The number of halogens is 1. The zero-order valence-corrected chi connectivity index (χ0v) is 10.6. The summed E-state index contributed by atoms with van der Waals surface area (Å²) in [6.07, 6.45) is 5.08. The van der Waals surface area contributed by atoms with E-state index >= 15 is 0 Å². The Kier molecular flexibility index (Phi) is 2.80. The van der Waals surface area contributed by atoms with Crippen molar-refractivity contribution in [3.05, 3.63) is 17.9 Å². The summed E-state index contributed by atoms with van der Waals surface area (Å²) in [5.41, 5.74) is 6.53. The molecule has 1 aromatic carbocycles. The monoisotopic (exact) mass is 250 g/mol. The standard InChI is InChI=1S/C14H19FN2O/c1-18-14-7-13(10(15)6-11(14)16)17-12-5-8-2-3-9(12)4-8/h6-9,12,17H,2-5,16H2,1H3. The van der Waals surface area contributed by atoms with Gasteiger partial charge >= 0.3 is 0 Å². The topological polar surface area (TPSA) is 47.3 Å². The number of nitrogen functional groups attached to an aromatic ring is 1. The van der Waals surface area contributed by atoms with E-state index in [2.05, 4.69) is 5.32 Å². The van der Waals surface area contributed by atoms with Crippen LogP contribution in [0, 0.1) is 17.7 Å². The van der Waals surface area contributed by atoms with Gasteiger partial charge in [0.15, 0.2) is 0 Å². The van der Waals surface area contributed by atoms with Gasteiger partial charge in [-0.25, -0.2) is 4.39 Å². The minimum absolute atomic E-state index is 0.295. The summed E-state index contributed by atoms with van der Waals surface area (Å²) in [6, 6.07) is 3.40. The average molecular weight is 250 g/mol. The van der Waals surface area contributed by atoms with Crippen LogP contribution in [0.3, 0.4) is 0 Å². The molecule has 0 amide bonds. The van der Waals surface area contributed by atoms with Gasteiger partial charge in [0.2, 0.25) is 0 Å². The van der Waals surface area contributed by atoms with Crippen molar-refractivity contribution < 1.29 is 9.13 Å². The Hall–Kier alpha value is -1.45. The lowest BCUT2D eigenvalue weighted by Crippen LogP contribution is -2.26. The molecule has 3 nitrogen and oxygen atoms in total. The average Bonchev–Trinajstić information content (AvgIpc) is 2.94. The van der Waals surface area contributed by atoms with Gasteiger partial charge in [0.05, 0.1) is 18.5 Å². The lowest BCUT2D eigenvalue weighted by molar-refractivity contribution is 0.415. The van der Waals surface area contributed by atoms with E-state index in [4.69, 9.17) is 10.5 Å². The predicted octanol–water partition coefficient (Wildman–Crippen LogP) is 3.02. The van der Waals surface area contributed by atoms with Crippen molar-refractivity contribution in [3.8, 4) is 5.75 Å². The van der Waals surface area contributed by atoms with E-state index in [1.165, 1.54) is 25.3 Å². The summed E-state index contributed by atoms with van der Waals surface area (Å²) in [7, 11) is 1.55. The maximum Gasteiger partial charge on any atom is 0.148 e. The predicted molar refractivity (Wildman–Crippen MR) is 70.2 cm³/mol. The molecule has 3 N–H and O–H groups in total. The molecule has 0 heterocycles. The fourth-order valence-corrected chi connectivity index (χ4v) is 3.48. The van der Waals surface area contributed by atoms with Gasteiger partial charge in [-0.3, -0.25) is 0 Å². The van der Waals surface area contributed by atoms with Crippen LogP contribution in [0.4, 0.5) is 15.8 Å². The summed E-state index contributed by atoms with van der Waals surface area (Å²) in [5.74, 6) is 1.78. The Labute approximate surface area is 107 Å². The maximum absolute atomic E-state index is 13.9. The van der Waals surface area contributed by atoms with Crippen molar-refractivity contribution in [1.29, 1.82) is 0 Å². The molecule has 3 unspecified atom stereocenters. The van der Waals surface area contributed by atoms with Gasteiger partial charge in [-0.1, -0.05) is 6.42 Å². The molecule has 3 rings (SSSR count). The van der Waals surface area contributed by atoms with Crippen molar-refractivity contribution in [2.75, 3.05) is 18.2 Å². The van der Waals surface area contributed by atoms with Gasteiger partial charge in [-0.05, 0) is 31.1 Å². The number of ether oxygens (including phenoxy) is 1. The number of nitrogens with two attached hydrogens (primary N) is 1. The lowest BCUT2D eigenvalue weighted by Gasteiger charge is -2.24. The molecule has 1 aromatic rings. The highest BCUT2D eigenvalue weighted by molar-refractivity contribution is 5.62. The molecule has 2 saturated carbocycles.